The zero-order valence-electron chi connectivity index (χ0n) is 11.1. The number of nitro benzene ring substituents is 1. The third-order valence-corrected chi connectivity index (χ3v) is 3.46. The molecule has 0 saturated heterocycles. The molecule has 0 heterocycles. The first kappa shape index (κ1) is 14.7. The number of halogens is 1. The highest BCUT2D eigenvalue weighted by molar-refractivity contribution is 9.10. The summed E-state index contributed by atoms with van der Waals surface area (Å²) in [5.74, 6) is 0. The zero-order valence-corrected chi connectivity index (χ0v) is 12.7. The maximum absolute atomic E-state index is 11.0. The van der Waals surface area contributed by atoms with Crippen LogP contribution in [0.5, 0.6) is 0 Å². The lowest BCUT2D eigenvalue weighted by molar-refractivity contribution is -0.385. The van der Waals surface area contributed by atoms with Gasteiger partial charge in [-0.15, -0.1) is 0 Å². The summed E-state index contributed by atoms with van der Waals surface area (Å²) in [4.78, 5) is 10.6. The van der Waals surface area contributed by atoms with Gasteiger partial charge in [0.2, 0.25) is 0 Å². The van der Waals surface area contributed by atoms with Crippen molar-refractivity contribution in [3.05, 3.63) is 73.7 Å². The molecule has 0 radical (unpaired) electrons. The van der Waals surface area contributed by atoms with Crippen molar-refractivity contribution in [1.29, 1.82) is 0 Å². The van der Waals surface area contributed by atoms with Crippen LogP contribution in [-0.4, -0.2) is 4.92 Å². The molecule has 0 aliphatic rings. The van der Waals surface area contributed by atoms with E-state index in [0.29, 0.717) is 18.7 Å². The van der Waals surface area contributed by atoms with E-state index in [2.05, 4.69) is 27.3 Å². The van der Waals surface area contributed by atoms with E-state index in [1.165, 1.54) is 17.2 Å². The lowest BCUT2D eigenvalue weighted by Crippen LogP contribution is -2.14. The van der Waals surface area contributed by atoms with Crippen LogP contribution < -0.4 is 5.32 Å². The third-order valence-electron chi connectivity index (χ3n) is 2.97. The van der Waals surface area contributed by atoms with Crippen LogP contribution in [0.2, 0.25) is 0 Å². The highest BCUT2D eigenvalue weighted by Gasteiger charge is 2.13. The predicted octanol–water partition coefficient (Wildman–Crippen LogP) is 3.96. The highest BCUT2D eigenvalue weighted by atomic mass is 79.9. The number of nitrogens with one attached hydrogen (secondary N) is 1. The second-order valence-electron chi connectivity index (χ2n) is 4.62. The number of rotatable bonds is 5. The summed E-state index contributed by atoms with van der Waals surface area (Å²) in [7, 11) is 0. The van der Waals surface area contributed by atoms with Crippen molar-refractivity contribution in [3.63, 3.8) is 0 Å². The average Bonchev–Trinajstić information content (AvgIpc) is 2.38. The number of nitro groups is 1. The van der Waals surface area contributed by atoms with Crippen molar-refractivity contribution >= 4 is 21.6 Å². The van der Waals surface area contributed by atoms with Gasteiger partial charge in [0.25, 0.3) is 5.69 Å². The van der Waals surface area contributed by atoms with E-state index in [1.807, 2.05) is 25.1 Å². The third kappa shape index (κ3) is 3.88. The molecule has 0 aliphatic carbocycles. The van der Waals surface area contributed by atoms with Gasteiger partial charge in [0.15, 0.2) is 0 Å². The fourth-order valence-electron chi connectivity index (χ4n) is 2.04. The van der Waals surface area contributed by atoms with E-state index < -0.39 is 0 Å². The van der Waals surface area contributed by atoms with Crippen molar-refractivity contribution in [2.75, 3.05) is 0 Å². The van der Waals surface area contributed by atoms with E-state index in [-0.39, 0.29) is 10.6 Å². The molecule has 0 unspecified atom stereocenters. The molecule has 0 aliphatic heterocycles. The van der Waals surface area contributed by atoms with Crippen LogP contribution in [0, 0.1) is 17.0 Å². The lowest BCUT2D eigenvalue weighted by Gasteiger charge is -2.07. The van der Waals surface area contributed by atoms with Crippen molar-refractivity contribution < 1.29 is 4.92 Å². The molecule has 0 spiro atoms. The van der Waals surface area contributed by atoms with Gasteiger partial charge in [-0.25, -0.2) is 0 Å². The maximum atomic E-state index is 11.0. The molecule has 2 aromatic rings. The molecule has 5 heteroatoms. The molecule has 0 aromatic heterocycles. The monoisotopic (exact) mass is 334 g/mol. The smallest absolute Gasteiger partial charge is 0.273 e. The van der Waals surface area contributed by atoms with Gasteiger partial charge in [-0.3, -0.25) is 10.1 Å². The van der Waals surface area contributed by atoms with Gasteiger partial charge in [0.1, 0.15) is 0 Å². The Kier molecular flexibility index (Phi) is 4.87. The van der Waals surface area contributed by atoms with E-state index in [4.69, 9.17) is 0 Å². The molecule has 0 amide bonds. The molecule has 0 atom stereocenters. The van der Waals surface area contributed by atoms with Gasteiger partial charge in [0, 0.05) is 29.2 Å². The van der Waals surface area contributed by atoms with Crippen LogP contribution in [0.3, 0.4) is 0 Å². The first-order valence-electron chi connectivity index (χ1n) is 6.25. The van der Waals surface area contributed by atoms with Crippen LogP contribution in [0.1, 0.15) is 16.7 Å². The van der Waals surface area contributed by atoms with Crippen LogP contribution >= 0.6 is 15.9 Å². The van der Waals surface area contributed by atoms with Crippen LogP contribution in [-0.2, 0) is 13.1 Å². The van der Waals surface area contributed by atoms with Crippen molar-refractivity contribution in [2.24, 2.45) is 0 Å². The summed E-state index contributed by atoms with van der Waals surface area (Å²) in [6.45, 7) is 3.19. The number of benzene rings is 2. The number of aryl methyl sites for hydroxylation is 1. The Bertz CT molecular complexity index is 629. The first-order chi connectivity index (χ1) is 9.56. The predicted molar refractivity (Wildman–Crippen MR) is 82.5 cm³/mol. The first-order valence-corrected chi connectivity index (χ1v) is 7.04. The van der Waals surface area contributed by atoms with Crippen molar-refractivity contribution in [2.45, 2.75) is 20.0 Å². The second kappa shape index (κ2) is 6.63. The minimum absolute atomic E-state index is 0.143. The molecule has 0 saturated carbocycles. The Hall–Kier alpha value is -1.72. The molecule has 4 nitrogen and oxygen atoms in total. The van der Waals surface area contributed by atoms with E-state index in [0.717, 1.165) is 4.47 Å². The van der Waals surface area contributed by atoms with Gasteiger partial charge < -0.3 is 5.32 Å². The van der Waals surface area contributed by atoms with Gasteiger partial charge in [-0.2, -0.15) is 0 Å². The number of hydrogen-bond donors (Lipinski definition) is 1. The Balaban J connectivity index is 2.04. The summed E-state index contributed by atoms with van der Waals surface area (Å²) in [5, 5.41) is 14.2. The average molecular weight is 335 g/mol. The van der Waals surface area contributed by atoms with Crippen molar-refractivity contribution in [1.82, 2.24) is 5.32 Å². The topological polar surface area (TPSA) is 55.2 Å². The normalized spacial score (nSPS) is 10.5. The quantitative estimate of drug-likeness (QED) is 0.665. The van der Waals surface area contributed by atoms with Gasteiger partial charge in [-0.05, 0) is 24.6 Å². The Morgan fingerprint density at radius 1 is 1.20 bits per heavy atom. The van der Waals surface area contributed by atoms with Crippen LogP contribution in [0.25, 0.3) is 0 Å². The minimum atomic E-state index is -0.351. The summed E-state index contributed by atoms with van der Waals surface area (Å²) >= 11 is 3.34. The Labute approximate surface area is 126 Å². The SMILES string of the molecule is Cc1cccc(CNCc2cc(Br)ccc2[N+](=O)[O-])c1. The van der Waals surface area contributed by atoms with Gasteiger partial charge >= 0.3 is 0 Å². The summed E-state index contributed by atoms with van der Waals surface area (Å²) in [6, 6.07) is 13.2. The fourth-order valence-corrected chi connectivity index (χ4v) is 2.45. The van der Waals surface area contributed by atoms with Gasteiger partial charge in [-0.1, -0.05) is 45.8 Å². The van der Waals surface area contributed by atoms with Crippen molar-refractivity contribution in [3.8, 4) is 0 Å². The minimum Gasteiger partial charge on any atom is -0.308 e. The molecule has 1 N–H and O–H groups in total. The molecule has 2 rings (SSSR count). The van der Waals surface area contributed by atoms with E-state index in [1.54, 1.807) is 12.1 Å². The summed E-state index contributed by atoms with van der Waals surface area (Å²) < 4.78 is 0.843. The van der Waals surface area contributed by atoms with Gasteiger partial charge in [0.05, 0.1) is 4.92 Å². The standard InChI is InChI=1S/C15H15BrN2O2/c1-11-3-2-4-12(7-11)9-17-10-13-8-14(16)5-6-15(13)18(19)20/h2-8,17H,9-10H2,1H3. The largest absolute Gasteiger partial charge is 0.308 e. The van der Waals surface area contributed by atoms with Crippen LogP contribution in [0.15, 0.2) is 46.9 Å². The number of hydrogen-bond acceptors (Lipinski definition) is 3. The summed E-state index contributed by atoms with van der Waals surface area (Å²) in [5.41, 5.74) is 3.20. The van der Waals surface area contributed by atoms with E-state index in [9.17, 15) is 10.1 Å². The zero-order chi connectivity index (χ0) is 14.5. The molecule has 0 fully saturated rings. The number of nitrogens with zero attached hydrogens (tertiary/aromatic N) is 1. The van der Waals surface area contributed by atoms with E-state index >= 15 is 0 Å². The van der Waals surface area contributed by atoms with Crippen LogP contribution in [0.4, 0.5) is 5.69 Å². The molecule has 104 valence electrons. The molecule has 2 aromatic carbocycles. The molecule has 0 bridgehead atoms. The second-order valence-corrected chi connectivity index (χ2v) is 5.54. The summed E-state index contributed by atoms with van der Waals surface area (Å²) in [6.07, 6.45) is 0. The molecule has 20 heavy (non-hydrogen) atoms. The fraction of sp³-hybridized carbons (Fsp3) is 0.200. The molecular weight excluding hydrogens is 320 g/mol. The molecular formula is C15H15BrN2O2. The maximum Gasteiger partial charge on any atom is 0.273 e. The lowest BCUT2D eigenvalue weighted by atomic mass is 10.1. The Morgan fingerprint density at radius 2 is 2.00 bits per heavy atom. The highest BCUT2D eigenvalue weighted by Crippen LogP contribution is 2.22. The Morgan fingerprint density at radius 3 is 2.70 bits per heavy atom.